The minimum atomic E-state index is -0.141. The predicted molar refractivity (Wildman–Crippen MR) is 83.1 cm³/mol. The Balaban J connectivity index is 1.73. The quantitative estimate of drug-likeness (QED) is 0.851. The number of rotatable bonds is 2. The van der Waals surface area contributed by atoms with Crippen molar-refractivity contribution in [1.82, 2.24) is 9.97 Å². The SMILES string of the molecule is CCc1nc(N2CCOC3(CCOC3)C2)c2ccsc2n1. The van der Waals surface area contributed by atoms with E-state index in [1.807, 2.05) is 0 Å². The lowest BCUT2D eigenvalue weighted by atomic mass is 10.0. The largest absolute Gasteiger partial charge is 0.378 e. The van der Waals surface area contributed by atoms with Gasteiger partial charge in [-0.3, -0.25) is 0 Å². The summed E-state index contributed by atoms with van der Waals surface area (Å²) in [7, 11) is 0. The maximum absolute atomic E-state index is 6.02. The number of anilines is 1. The van der Waals surface area contributed by atoms with Crippen LogP contribution in [0.2, 0.25) is 0 Å². The van der Waals surface area contributed by atoms with Crippen LogP contribution in [-0.4, -0.2) is 48.5 Å². The summed E-state index contributed by atoms with van der Waals surface area (Å²) in [6.45, 7) is 6.07. The van der Waals surface area contributed by atoms with Crippen LogP contribution in [-0.2, 0) is 15.9 Å². The number of hydrogen-bond donors (Lipinski definition) is 0. The first-order valence-electron chi connectivity index (χ1n) is 7.50. The molecular weight excluding hydrogens is 286 g/mol. The van der Waals surface area contributed by atoms with E-state index in [2.05, 4.69) is 28.3 Å². The molecule has 6 heteroatoms. The lowest BCUT2D eigenvalue weighted by Gasteiger charge is -2.40. The summed E-state index contributed by atoms with van der Waals surface area (Å²) >= 11 is 1.69. The molecule has 2 aromatic rings. The summed E-state index contributed by atoms with van der Waals surface area (Å²) in [6.07, 6.45) is 1.83. The fourth-order valence-electron chi connectivity index (χ4n) is 3.13. The van der Waals surface area contributed by atoms with Gasteiger partial charge in [-0.15, -0.1) is 11.3 Å². The number of morpholine rings is 1. The zero-order chi connectivity index (χ0) is 14.3. The number of aromatic nitrogens is 2. The van der Waals surface area contributed by atoms with Crippen LogP contribution in [0.4, 0.5) is 5.82 Å². The molecule has 0 saturated carbocycles. The van der Waals surface area contributed by atoms with Crippen LogP contribution in [0.25, 0.3) is 10.2 Å². The second-order valence-electron chi connectivity index (χ2n) is 5.71. The molecule has 2 aromatic heterocycles. The summed E-state index contributed by atoms with van der Waals surface area (Å²) in [5, 5.41) is 3.25. The van der Waals surface area contributed by atoms with E-state index >= 15 is 0 Å². The molecule has 0 aliphatic carbocycles. The molecule has 2 fully saturated rings. The molecule has 21 heavy (non-hydrogen) atoms. The van der Waals surface area contributed by atoms with E-state index < -0.39 is 0 Å². The van der Waals surface area contributed by atoms with Gasteiger partial charge in [0.15, 0.2) is 0 Å². The minimum absolute atomic E-state index is 0.141. The molecule has 2 aliphatic heterocycles. The monoisotopic (exact) mass is 305 g/mol. The lowest BCUT2D eigenvalue weighted by molar-refractivity contribution is -0.0580. The Morgan fingerprint density at radius 1 is 1.38 bits per heavy atom. The van der Waals surface area contributed by atoms with Gasteiger partial charge < -0.3 is 14.4 Å². The van der Waals surface area contributed by atoms with E-state index in [4.69, 9.17) is 14.5 Å². The van der Waals surface area contributed by atoms with Gasteiger partial charge in [0, 0.05) is 26.0 Å². The normalized spacial score (nSPS) is 26.0. The van der Waals surface area contributed by atoms with Crippen molar-refractivity contribution in [2.45, 2.75) is 25.4 Å². The van der Waals surface area contributed by atoms with E-state index in [1.165, 1.54) is 0 Å². The van der Waals surface area contributed by atoms with Gasteiger partial charge in [-0.25, -0.2) is 9.97 Å². The second kappa shape index (κ2) is 5.19. The van der Waals surface area contributed by atoms with E-state index in [-0.39, 0.29) is 5.60 Å². The third-order valence-electron chi connectivity index (χ3n) is 4.28. The molecule has 0 amide bonds. The van der Waals surface area contributed by atoms with E-state index in [0.29, 0.717) is 6.61 Å². The highest BCUT2D eigenvalue weighted by Gasteiger charge is 2.41. The van der Waals surface area contributed by atoms with Gasteiger partial charge >= 0.3 is 0 Å². The Labute approximate surface area is 127 Å². The van der Waals surface area contributed by atoms with Crippen molar-refractivity contribution in [3.63, 3.8) is 0 Å². The standard InChI is InChI=1S/C15H19N3O2S/c1-2-12-16-13(11-3-8-21-14(11)17-12)18-5-7-20-15(9-18)4-6-19-10-15/h3,8H,2,4-7,9-10H2,1H3. The molecule has 0 N–H and O–H groups in total. The Hall–Kier alpha value is -1.24. The van der Waals surface area contributed by atoms with Gasteiger partial charge in [-0.05, 0) is 11.4 Å². The van der Waals surface area contributed by atoms with Gasteiger partial charge in [0.25, 0.3) is 0 Å². The molecule has 0 radical (unpaired) electrons. The lowest BCUT2D eigenvalue weighted by Crippen LogP contribution is -2.52. The van der Waals surface area contributed by atoms with Crippen LogP contribution < -0.4 is 4.90 Å². The van der Waals surface area contributed by atoms with E-state index in [1.54, 1.807) is 11.3 Å². The number of hydrogen-bond acceptors (Lipinski definition) is 6. The molecule has 112 valence electrons. The zero-order valence-corrected chi connectivity index (χ0v) is 13.0. The molecule has 2 saturated heterocycles. The Kier molecular flexibility index (Phi) is 3.32. The third kappa shape index (κ3) is 2.31. The predicted octanol–water partition coefficient (Wildman–Crippen LogP) is 2.25. The first kappa shape index (κ1) is 13.4. The molecule has 1 unspecified atom stereocenters. The van der Waals surface area contributed by atoms with E-state index in [0.717, 1.165) is 61.0 Å². The number of nitrogens with zero attached hydrogens (tertiary/aromatic N) is 3. The Bertz CT molecular complexity index is 651. The maximum Gasteiger partial charge on any atom is 0.141 e. The van der Waals surface area contributed by atoms with Gasteiger partial charge in [-0.1, -0.05) is 6.92 Å². The summed E-state index contributed by atoms with van der Waals surface area (Å²) in [6, 6.07) is 2.13. The molecule has 1 atom stereocenters. The number of aryl methyl sites for hydroxylation is 1. The molecule has 5 nitrogen and oxygen atoms in total. The summed E-state index contributed by atoms with van der Waals surface area (Å²) in [4.78, 5) is 12.9. The maximum atomic E-state index is 6.02. The number of fused-ring (bicyclic) bond motifs is 1. The number of ether oxygens (including phenoxy) is 2. The molecular formula is C15H19N3O2S. The summed E-state index contributed by atoms with van der Waals surface area (Å²) < 4.78 is 11.6. The zero-order valence-electron chi connectivity index (χ0n) is 12.2. The first-order chi connectivity index (χ1) is 10.3. The average Bonchev–Trinajstić information content (AvgIpc) is 3.15. The summed E-state index contributed by atoms with van der Waals surface area (Å²) in [5.74, 6) is 1.98. The Morgan fingerprint density at radius 3 is 3.14 bits per heavy atom. The molecule has 0 bridgehead atoms. The van der Waals surface area contributed by atoms with Crippen LogP contribution in [0.1, 0.15) is 19.2 Å². The van der Waals surface area contributed by atoms with Gasteiger partial charge in [0.2, 0.25) is 0 Å². The molecule has 2 aliphatic rings. The van der Waals surface area contributed by atoms with E-state index in [9.17, 15) is 0 Å². The summed E-state index contributed by atoms with van der Waals surface area (Å²) in [5.41, 5.74) is -0.141. The molecule has 0 aromatic carbocycles. The van der Waals surface area contributed by atoms with Crippen molar-refractivity contribution in [1.29, 1.82) is 0 Å². The number of thiophene rings is 1. The van der Waals surface area contributed by atoms with Gasteiger partial charge in [-0.2, -0.15) is 0 Å². The first-order valence-corrected chi connectivity index (χ1v) is 8.38. The Morgan fingerprint density at radius 2 is 2.33 bits per heavy atom. The fourth-order valence-corrected chi connectivity index (χ4v) is 3.91. The fraction of sp³-hybridized carbons (Fsp3) is 0.600. The highest BCUT2D eigenvalue weighted by atomic mass is 32.1. The minimum Gasteiger partial charge on any atom is -0.378 e. The molecule has 1 spiro atoms. The van der Waals surface area contributed by atoms with Crippen LogP contribution in [0.3, 0.4) is 0 Å². The van der Waals surface area contributed by atoms with Crippen LogP contribution >= 0.6 is 11.3 Å². The van der Waals surface area contributed by atoms with Crippen molar-refractivity contribution in [2.24, 2.45) is 0 Å². The van der Waals surface area contributed by atoms with Crippen molar-refractivity contribution < 1.29 is 9.47 Å². The smallest absolute Gasteiger partial charge is 0.141 e. The van der Waals surface area contributed by atoms with Gasteiger partial charge in [0.1, 0.15) is 22.1 Å². The van der Waals surface area contributed by atoms with Crippen molar-refractivity contribution in [2.75, 3.05) is 37.8 Å². The van der Waals surface area contributed by atoms with Gasteiger partial charge in [0.05, 0.1) is 25.1 Å². The third-order valence-corrected chi connectivity index (χ3v) is 5.09. The molecule has 4 heterocycles. The van der Waals surface area contributed by atoms with Crippen molar-refractivity contribution >= 4 is 27.4 Å². The molecule has 4 rings (SSSR count). The van der Waals surface area contributed by atoms with Crippen molar-refractivity contribution in [3.8, 4) is 0 Å². The van der Waals surface area contributed by atoms with Crippen molar-refractivity contribution in [3.05, 3.63) is 17.3 Å². The van der Waals surface area contributed by atoms with Crippen LogP contribution in [0, 0.1) is 0 Å². The second-order valence-corrected chi connectivity index (χ2v) is 6.61. The topological polar surface area (TPSA) is 47.5 Å². The highest BCUT2D eigenvalue weighted by Crippen LogP contribution is 2.33. The average molecular weight is 305 g/mol. The van der Waals surface area contributed by atoms with Crippen LogP contribution in [0.15, 0.2) is 11.4 Å². The highest BCUT2D eigenvalue weighted by molar-refractivity contribution is 7.16. The van der Waals surface area contributed by atoms with Crippen LogP contribution in [0.5, 0.6) is 0 Å².